The number of Topliss-reactive ketones (excluding diaryl/α,β-unsaturated/α-hetero) is 1. The van der Waals surface area contributed by atoms with Gasteiger partial charge >= 0.3 is 0 Å². The number of carbonyl (C=O) groups is 2. The molecule has 0 bridgehead atoms. The van der Waals surface area contributed by atoms with Gasteiger partial charge in [0, 0.05) is 24.4 Å². The summed E-state index contributed by atoms with van der Waals surface area (Å²) in [6.45, 7) is 0. The molecule has 1 heterocycles. The van der Waals surface area contributed by atoms with Crippen molar-refractivity contribution in [3.05, 3.63) is 34.9 Å². The molecule has 1 unspecified atom stereocenters. The van der Waals surface area contributed by atoms with Crippen LogP contribution < -0.4 is 5.32 Å². The number of rotatable bonds is 5. The molecule has 1 amide bonds. The summed E-state index contributed by atoms with van der Waals surface area (Å²) in [5.41, 5.74) is 3.24. The first-order valence-corrected chi connectivity index (χ1v) is 9.90. The van der Waals surface area contributed by atoms with E-state index in [0.717, 1.165) is 19.3 Å². The lowest BCUT2D eigenvalue weighted by Crippen LogP contribution is -2.35. The SMILES string of the molecule is O=C(CCC(=O)c1ccc2c(c1)CCC2)NC1CCS(=O)(=O)C1. The van der Waals surface area contributed by atoms with Gasteiger partial charge in [-0.15, -0.1) is 0 Å². The quantitative estimate of drug-likeness (QED) is 0.826. The molecule has 0 radical (unpaired) electrons. The standard InChI is InChI=1S/C17H21NO4S/c19-16(14-5-4-12-2-1-3-13(12)10-14)6-7-17(20)18-15-8-9-23(21,22)11-15/h4-5,10,15H,1-3,6-9,11H2,(H,18,20). The molecule has 0 spiro atoms. The minimum atomic E-state index is -3.00. The molecule has 1 saturated heterocycles. The van der Waals surface area contributed by atoms with Crippen LogP contribution in [0.4, 0.5) is 0 Å². The summed E-state index contributed by atoms with van der Waals surface area (Å²) < 4.78 is 22.7. The van der Waals surface area contributed by atoms with Gasteiger partial charge in [0.15, 0.2) is 15.6 Å². The predicted molar refractivity (Wildman–Crippen MR) is 87.2 cm³/mol. The summed E-state index contributed by atoms with van der Waals surface area (Å²) in [5, 5.41) is 2.71. The molecule has 1 aromatic rings. The second-order valence-electron chi connectivity index (χ2n) is 6.43. The molecule has 0 aromatic heterocycles. The molecule has 6 heteroatoms. The van der Waals surface area contributed by atoms with E-state index < -0.39 is 9.84 Å². The minimum Gasteiger partial charge on any atom is -0.352 e. The van der Waals surface area contributed by atoms with Crippen molar-refractivity contribution in [1.29, 1.82) is 0 Å². The van der Waals surface area contributed by atoms with E-state index >= 15 is 0 Å². The Morgan fingerprint density at radius 3 is 2.65 bits per heavy atom. The van der Waals surface area contributed by atoms with Gasteiger partial charge in [0.1, 0.15) is 0 Å². The zero-order valence-corrected chi connectivity index (χ0v) is 13.8. The van der Waals surface area contributed by atoms with Crippen LogP contribution in [0.3, 0.4) is 0 Å². The molecule has 1 aliphatic carbocycles. The number of carbonyl (C=O) groups excluding carboxylic acids is 2. The van der Waals surface area contributed by atoms with E-state index in [9.17, 15) is 18.0 Å². The van der Waals surface area contributed by atoms with E-state index in [2.05, 4.69) is 5.32 Å². The van der Waals surface area contributed by atoms with Crippen LogP contribution in [0.5, 0.6) is 0 Å². The number of hydrogen-bond acceptors (Lipinski definition) is 4. The fourth-order valence-corrected chi connectivity index (χ4v) is 5.00. The fourth-order valence-electron chi connectivity index (χ4n) is 3.33. The van der Waals surface area contributed by atoms with Gasteiger partial charge in [-0.2, -0.15) is 0 Å². The largest absolute Gasteiger partial charge is 0.352 e. The Bertz CT molecular complexity index is 739. The summed E-state index contributed by atoms with van der Waals surface area (Å²) in [6, 6.07) is 5.50. The third kappa shape index (κ3) is 3.99. The van der Waals surface area contributed by atoms with Gasteiger partial charge in [0.25, 0.3) is 0 Å². The van der Waals surface area contributed by atoms with Crippen LogP contribution in [0, 0.1) is 0 Å². The summed E-state index contributed by atoms with van der Waals surface area (Å²) in [5.74, 6) is -0.140. The summed E-state index contributed by atoms with van der Waals surface area (Å²) >= 11 is 0. The lowest BCUT2D eigenvalue weighted by Gasteiger charge is -2.10. The molecule has 1 aliphatic heterocycles. The van der Waals surface area contributed by atoms with Crippen LogP contribution in [-0.2, 0) is 27.5 Å². The fraction of sp³-hybridized carbons (Fsp3) is 0.529. The van der Waals surface area contributed by atoms with Crippen LogP contribution in [0.25, 0.3) is 0 Å². The van der Waals surface area contributed by atoms with E-state index in [-0.39, 0.29) is 42.1 Å². The maximum atomic E-state index is 12.2. The van der Waals surface area contributed by atoms with Crippen LogP contribution >= 0.6 is 0 Å². The zero-order chi connectivity index (χ0) is 16.4. The molecule has 1 N–H and O–H groups in total. The molecule has 0 saturated carbocycles. The van der Waals surface area contributed by atoms with Crippen molar-refractivity contribution in [2.45, 2.75) is 44.6 Å². The second kappa shape index (κ2) is 6.43. The second-order valence-corrected chi connectivity index (χ2v) is 8.66. The van der Waals surface area contributed by atoms with Crippen molar-refractivity contribution in [1.82, 2.24) is 5.32 Å². The number of nitrogens with one attached hydrogen (secondary N) is 1. The Morgan fingerprint density at radius 1 is 1.13 bits per heavy atom. The van der Waals surface area contributed by atoms with Crippen LogP contribution in [0.15, 0.2) is 18.2 Å². The minimum absolute atomic E-state index is 0.0114. The number of benzene rings is 1. The maximum absolute atomic E-state index is 12.2. The smallest absolute Gasteiger partial charge is 0.220 e. The first kappa shape index (κ1) is 16.2. The highest BCUT2D eigenvalue weighted by atomic mass is 32.2. The lowest BCUT2D eigenvalue weighted by atomic mass is 10.0. The van der Waals surface area contributed by atoms with Crippen molar-refractivity contribution >= 4 is 21.5 Å². The molecule has 23 heavy (non-hydrogen) atoms. The van der Waals surface area contributed by atoms with Crippen molar-refractivity contribution in [2.24, 2.45) is 0 Å². The molecule has 2 aliphatic rings. The maximum Gasteiger partial charge on any atom is 0.220 e. The van der Waals surface area contributed by atoms with Gasteiger partial charge in [-0.3, -0.25) is 9.59 Å². The van der Waals surface area contributed by atoms with Gasteiger partial charge < -0.3 is 5.32 Å². The van der Waals surface area contributed by atoms with E-state index in [1.54, 1.807) is 0 Å². The average molecular weight is 335 g/mol. The van der Waals surface area contributed by atoms with Crippen molar-refractivity contribution < 1.29 is 18.0 Å². The molecule has 1 fully saturated rings. The number of fused-ring (bicyclic) bond motifs is 1. The highest BCUT2D eigenvalue weighted by Crippen LogP contribution is 2.23. The van der Waals surface area contributed by atoms with E-state index in [1.165, 1.54) is 11.1 Å². The Labute approximate surface area is 136 Å². The molecular formula is C17H21NO4S. The highest BCUT2D eigenvalue weighted by Gasteiger charge is 2.28. The number of amides is 1. The number of ketones is 1. The lowest BCUT2D eigenvalue weighted by molar-refractivity contribution is -0.121. The normalized spacial score (nSPS) is 21.8. The number of sulfone groups is 1. The molecule has 1 atom stereocenters. The Kier molecular flexibility index (Phi) is 4.53. The van der Waals surface area contributed by atoms with Gasteiger partial charge in [-0.25, -0.2) is 8.42 Å². The van der Waals surface area contributed by atoms with Gasteiger partial charge in [-0.05, 0) is 42.9 Å². The number of aryl methyl sites for hydroxylation is 2. The zero-order valence-electron chi connectivity index (χ0n) is 13.0. The third-order valence-electron chi connectivity index (χ3n) is 4.60. The molecule has 5 nitrogen and oxygen atoms in total. The van der Waals surface area contributed by atoms with Crippen LogP contribution in [-0.4, -0.2) is 37.7 Å². The van der Waals surface area contributed by atoms with Crippen molar-refractivity contribution in [3.63, 3.8) is 0 Å². The van der Waals surface area contributed by atoms with Gasteiger partial charge in [0.05, 0.1) is 11.5 Å². The van der Waals surface area contributed by atoms with Gasteiger partial charge in [-0.1, -0.05) is 12.1 Å². The average Bonchev–Trinajstić information content (AvgIpc) is 3.10. The summed E-state index contributed by atoms with van der Waals surface area (Å²) in [4.78, 5) is 24.1. The van der Waals surface area contributed by atoms with E-state index in [4.69, 9.17) is 0 Å². The molecule has 3 rings (SSSR count). The Hall–Kier alpha value is -1.69. The first-order chi connectivity index (χ1) is 10.9. The van der Waals surface area contributed by atoms with Crippen molar-refractivity contribution in [3.8, 4) is 0 Å². The monoisotopic (exact) mass is 335 g/mol. The third-order valence-corrected chi connectivity index (χ3v) is 6.37. The highest BCUT2D eigenvalue weighted by molar-refractivity contribution is 7.91. The Balaban J connectivity index is 1.50. The van der Waals surface area contributed by atoms with Crippen LogP contribution in [0.2, 0.25) is 0 Å². The molecule has 1 aromatic carbocycles. The van der Waals surface area contributed by atoms with Gasteiger partial charge in [0.2, 0.25) is 5.91 Å². The first-order valence-electron chi connectivity index (χ1n) is 8.08. The van der Waals surface area contributed by atoms with Crippen LogP contribution in [0.1, 0.15) is 47.2 Å². The van der Waals surface area contributed by atoms with E-state index in [1.807, 2.05) is 18.2 Å². The summed E-state index contributed by atoms with van der Waals surface area (Å²) in [7, 11) is -3.00. The summed E-state index contributed by atoms with van der Waals surface area (Å²) in [6.07, 6.45) is 3.96. The Morgan fingerprint density at radius 2 is 1.91 bits per heavy atom. The molecular weight excluding hydrogens is 314 g/mol. The van der Waals surface area contributed by atoms with E-state index in [0.29, 0.717) is 12.0 Å². The predicted octanol–water partition coefficient (Wildman–Crippen LogP) is 1.44. The topological polar surface area (TPSA) is 80.3 Å². The number of hydrogen-bond donors (Lipinski definition) is 1. The molecule has 124 valence electrons. The van der Waals surface area contributed by atoms with Crippen molar-refractivity contribution in [2.75, 3.05) is 11.5 Å².